The molecule has 0 heterocycles. The summed E-state index contributed by atoms with van der Waals surface area (Å²) in [5.41, 5.74) is 0.940. The van der Waals surface area contributed by atoms with E-state index < -0.39 is 6.10 Å². The second kappa shape index (κ2) is 5.73. The zero-order valence-electron chi connectivity index (χ0n) is 8.24. The summed E-state index contributed by atoms with van der Waals surface area (Å²) in [6.07, 6.45) is 0.734. The van der Waals surface area contributed by atoms with Crippen molar-refractivity contribution in [2.24, 2.45) is 0 Å². The van der Waals surface area contributed by atoms with Crippen molar-refractivity contribution in [3.8, 4) is 0 Å². The molecule has 2 nitrogen and oxygen atoms in total. The molecular weight excluding hydrogens is 183 g/mol. The van der Waals surface area contributed by atoms with Gasteiger partial charge in [0.05, 0.1) is 6.10 Å². The number of hydrogen-bond donors (Lipinski definition) is 1. The highest BCUT2D eigenvalue weighted by atomic mass is 19.1. The van der Waals surface area contributed by atoms with E-state index in [0.29, 0.717) is 19.4 Å². The number of halogens is 1. The second-order valence-corrected chi connectivity index (χ2v) is 3.27. The van der Waals surface area contributed by atoms with Crippen LogP contribution in [0.1, 0.15) is 12.0 Å². The number of aliphatic hydroxyl groups is 1. The van der Waals surface area contributed by atoms with Gasteiger partial charge in [0.25, 0.3) is 0 Å². The topological polar surface area (TPSA) is 29.5 Å². The van der Waals surface area contributed by atoms with Crippen LogP contribution < -0.4 is 0 Å². The van der Waals surface area contributed by atoms with Crippen molar-refractivity contribution in [3.63, 3.8) is 0 Å². The molecular formula is C11H15FO2. The predicted octanol–water partition coefficient (Wildman–Crippen LogP) is 1.77. The molecule has 1 aromatic carbocycles. The lowest BCUT2D eigenvalue weighted by Gasteiger charge is -2.09. The summed E-state index contributed by atoms with van der Waals surface area (Å²) < 4.78 is 17.4. The van der Waals surface area contributed by atoms with Gasteiger partial charge in [-0.1, -0.05) is 12.1 Å². The molecule has 0 saturated carbocycles. The third kappa shape index (κ3) is 3.85. The van der Waals surface area contributed by atoms with Gasteiger partial charge < -0.3 is 9.84 Å². The van der Waals surface area contributed by atoms with Gasteiger partial charge >= 0.3 is 0 Å². The monoisotopic (exact) mass is 198 g/mol. The van der Waals surface area contributed by atoms with E-state index in [1.807, 2.05) is 0 Å². The summed E-state index contributed by atoms with van der Waals surface area (Å²) in [4.78, 5) is 0. The van der Waals surface area contributed by atoms with Crippen molar-refractivity contribution < 1.29 is 14.2 Å². The van der Waals surface area contributed by atoms with Crippen LogP contribution in [0.15, 0.2) is 24.3 Å². The molecule has 3 heteroatoms. The predicted molar refractivity (Wildman–Crippen MR) is 52.6 cm³/mol. The van der Waals surface area contributed by atoms with E-state index in [9.17, 15) is 9.50 Å². The van der Waals surface area contributed by atoms with Gasteiger partial charge in [0.15, 0.2) is 0 Å². The fraction of sp³-hybridized carbons (Fsp3) is 0.455. The lowest BCUT2D eigenvalue weighted by molar-refractivity contribution is 0.110. The molecule has 1 atom stereocenters. The Morgan fingerprint density at radius 3 is 2.57 bits per heavy atom. The van der Waals surface area contributed by atoms with Crippen molar-refractivity contribution >= 4 is 0 Å². The molecule has 0 aromatic heterocycles. The molecule has 0 saturated heterocycles. The van der Waals surface area contributed by atoms with Crippen LogP contribution in [0, 0.1) is 5.82 Å². The Hall–Kier alpha value is -0.930. The van der Waals surface area contributed by atoms with E-state index >= 15 is 0 Å². The van der Waals surface area contributed by atoms with Gasteiger partial charge in [-0.05, 0) is 30.5 Å². The molecule has 0 aliphatic rings. The van der Waals surface area contributed by atoms with E-state index in [-0.39, 0.29) is 5.82 Å². The zero-order valence-corrected chi connectivity index (χ0v) is 8.24. The molecule has 0 aliphatic carbocycles. The molecule has 0 bridgehead atoms. The first-order chi connectivity index (χ1) is 6.72. The first kappa shape index (κ1) is 11.1. The van der Waals surface area contributed by atoms with E-state index in [1.165, 1.54) is 12.1 Å². The molecule has 1 aromatic rings. The van der Waals surface area contributed by atoms with Crippen molar-refractivity contribution in [2.45, 2.75) is 18.9 Å². The summed E-state index contributed by atoms with van der Waals surface area (Å²) in [5, 5.41) is 9.53. The summed E-state index contributed by atoms with van der Waals surface area (Å²) in [5.74, 6) is -0.250. The minimum absolute atomic E-state index is 0.250. The molecule has 0 spiro atoms. The molecule has 1 rings (SSSR count). The van der Waals surface area contributed by atoms with Crippen molar-refractivity contribution in [3.05, 3.63) is 35.6 Å². The largest absolute Gasteiger partial charge is 0.393 e. The highest BCUT2D eigenvalue weighted by Gasteiger charge is 2.04. The molecule has 0 amide bonds. The molecule has 14 heavy (non-hydrogen) atoms. The highest BCUT2D eigenvalue weighted by molar-refractivity contribution is 5.16. The minimum atomic E-state index is -0.416. The lowest BCUT2D eigenvalue weighted by atomic mass is 10.1. The smallest absolute Gasteiger partial charge is 0.123 e. The second-order valence-electron chi connectivity index (χ2n) is 3.27. The third-order valence-electron chi connectivity index (χ3n) is 2.04. The van der Waals surface area contributed by atoms with Crippen molar-refractivity contribution in [1.82, 2.24) is 0 Å². The minimum Gasteiger partial charge on any atom is -0.393 e. The van der Waals surface area contributed by atoms with Gasteiger partial charge in [-0.25, -0.2) is 4.39 Å². The first-order valence-corrected chi connectivity index (χ1v) is 4.64. The Labute approximate surface area is 83.3 Å². The average molecular weight is 198 g/mol. The molecule has 0 radical (unpaired) electrons. The number of aliphatic hydroxyl groups excluding tert-OH is 1. The molecule has 0 fully saturated rings. The summed E-state index contributed by atoms with van der Waals surface area (Å²) in [7, 11) is 1.60. The Morgan fingerprint density at radius 2 is 2.00 bits per heavy atom. The van der Waals surface area contributed by atoms with Gasteiger partial charge in [0.2, 0.25) is 0 Å². The van der Waals surface area contributed by atoms with E-state index in [4.69, 9.17) is 4.74 Å². The van der Waals surface area contributed by atoms with Gasteiger partial charge in [-0.15, -0.1) is 0 Å². The quantitative estimate of drug-likeness (QED) is 0.781. The van der Waals surface area contributed by atoms with E-state index in [1.54, 1.807) is 19.2 Å². The Bertz CT molecular complexity index is 258. The fourth-order valence-corrected chi connectivity index (χ4v) is 1.25. The molecule has 1 unspecified atom stereocenters. The summed E-state index contributed by atoms with van der Waals surface area (Å²) in [6.45, 7) is 0.544. The van der Waals surface area contributed by atoms with Crippen molar-refractivity contribution in [1.29, 1.82) is 0 Å². The maximum atomic E-state index is 12.5. The Morgan fingerprint density at radius 1 is 1.36 bits per heavy atom. The van der Waals surface area contributed by atoms with Crippen LogP contribution in [-0.4, -0.2) is 24.9 Å². The van der Waals surface area contributed by atoms with Crippen LogP contribution in [0.25, 0.3) is 0 Å². The Balaban J connectivity index is 2.39. The number of methoxy groups -OCH3 is 1. The number of hydrogen-bond acceptors (Lipinski definition) is 2. The summed E-state index contributed by atoms with van der Waals surface area (Å²) in [6, 6.07) is 6.17. The maximum Gasteiger partial charge on any atom is 0.123 e. The maximum absolute atomic E-state index is 12.5. The van der Waals surface area contributed by atoms with Gasteiger partial charge in [-0.3, -0.25) is 0 Å². The standard InChI is InChI=1S/C11H15FO2/c1-14-7-6-11(13)8-9-2-4-10(12)5-3-9/h2-5,11,13H,6-8H2,1H3. The van der Waals surface area contributed by atoms with Gasteiger partial charge in [0, 0.05) is 13.7 Å². The van der Waals surface area contributed by atoms with Crippen LogP contribution in [0.5, 0.6) is 0 Å². The van der Waals surface area contributed by atoms with Gasteiger partial charge in [-0.2, -0.15) is 0 Å². The van der Waals surface area contributed by atoms with Gasteiger partial charge in [0.1, 0.15) is 5.82 Å². The van der Waals surface area contributed by atoms with Crippen LogP contribution in [0.4, 0.5) is 4.39 Å². The first-order valence-electron chi connectivity index (χ1n) is 4.64. The highest BCUT2D eigenvalue weighted by Crippen LogP contribution is 2.07. The normalized spacial score (nSPS) is 12.8. The third-order valence-corrected chi connectivity index (χ3v) is 2.04. The van der Waals surface area contributed by atoms with Crippen LogP contribution >= 0.6 is 0 Å². The SMILES string of the molecule is COCCC(O)Cc1ccc(F)cc1. The molecule has 0 aliphatic heterocycles. The zero-order chi connectivity index (χ0) is 10.4. The van der Waals surface area contributed by atoms with E-state index in [2.05, 4.69) is 0 Å². The number of rotatable bonds is 5. The lowest BCUT2D eigenvalue weighted by Crippen LogP contribution is -2.12. The van der Waals surface area contributed by atoms with Crippen LogP contribution in [0.3, 0.4) is 0 Å². The number of benzene rings is 1. The molecule has 1 N–H and O–H groups in total. The number of ether oxygens (including phenoxy) is 1. The Kier molecular flexibility index (Phi) is 4.56. The molecule has 78 valence electrons. The van der Waals surface area contributed by atoms with Crippen molar-refractivity contribution in [2.75, 3.05) is 13.7 Å². The fourth-order valence-electron chi connectivity index (χ4n) is 1.25. The average Bonchev–Trinajstić information content (AvgIpc) is 2.18. The van der Waals surface area contributed by atoms with E-state index in [0.717, 1.165) is 5.56 Å². The summed E-state index contributed by atoms with van der Waals surface area (Å²) >= 11 is 0. The van der Waals surface area contributed by atoms with Crippen LogP contribution in [-0.2, 0) is 11.2 Å². The van der Waals surface area contributed by atoms with Crippen LogP contribution in [0.2, 0.25) is 0 Å².